The first kappa shape index (κ1) is 15.0. The molecule has 0 aliphatic heterocycles. The van der Waals surface area contributed by atoms with Gasteiger partial charge in [0, 0.05) is 0 Å². The van der Waals surface area contributed by atoms with Crippen LogP contribution in [0.25, 0.3) is 0 Å². The van der Waals surface area contributed by atoms with Crippen molar-refractivity contribution >= 4 is 29.4 Å². The highest BCUT2D eigenvalue weighted by molar-refractivity contribution is 6.33. The Hall–Kier alpha value is -2.08. The summed E-state index contributed by atoms with van der Waals surface area (Å²) >= 11 is 5.82. The molecule has 0 heterocycles. The van der Waals surface area contributed by atoms with E-state index in [0.29, 0.717) is 0 Å². The first-order valence-electron chi connectivity index (χ1n) is 5.30. The number of rotatable bonds is 5. The fourth-order valence-electron chi connectivity index (χ4n) is 1.33. The summed E-state index contributed by atoms with van der Waals surface area (Å²) in [6.45, 7) is 0. The normalized spacial score (nSPS) is 11.5. The number of carbonyl (C=O) groups is 3. The maximum Gasteiger partial charge on any atom is 0.326 e. The van der Waals surface area contributed by atoms with E-state index in [1.165, 1.54) is 12.1 Å². The minimum atomic E-state index is -1.36. The minimum Gasteiger partial charge on any atom is -0.480 e. The van der Waals surface area contributed by atoms with Gasteiger partial charge in [0.25, 0.3) is 5.91 Å². The van der Waals surface area contributed by atoms with Crippen molar-refractivity contribution in [3.05, 3.63) is 34.9 Å². The van der Waals surface area contributed by atoms with E-state index in [1.807, 2.05) is 0 Å². The summed E-state index contributed by atoms with van der Waals surface area (Å²) in [5.41, 5.74) is 0.139. The highest BCUT2D eigenvalue weighted by Crippen LogP contribution is 2.14. The summed E-state index contributed by atoms with van der Waals surface area (Å²) < 4.78 is 4.36. The molecule has 0 radical (unpaired) electrons. The molecule has 1 atom stereocenters. The van der Waals surface area contributed by atoms with E-state index in [2.05, 4.69) is 10.1 Å². The highest BCUT2D eigenvalue weighted by Gasteiger charge is 2.24. The van der Waals surface area contributed by atoms with Gasteiger partial charge in [-0.2, -0.15) is 0 Å². The topological polar surface area (TPSA) is 92.7 Å². The molecule has 0 saturated carbocycles. The molecule has 2 N–H and O–H groups in total. The van der Waals surface area contributed by atoms with Crippen LogP contribution in [0.15, 0.2) is 24.3 Å². The van der Waals surface area contributed by atoms with Crippen molar-refractivity contribution in [2.24, 2.45) is 0 Å². The molecule has 0 aliphatic carbocycles. The van der Waals surface area contributed by atoms with Crippen molar-refractivity contribution in [2.45, 2.75) is 12.5 Å². The Labute approximate surface area is 114 Å². The Kier molecular flexibility index (Phi) is 5.32. The van der Waals surface area contributed by atoms with Gasteiger partial charge in [0.15, 0.2) is 0 Å². The zero-order chi connectivity index (χ0) is 14.4. The molecule has 0 aromatic heterocycles. The van der Waals surface area contributed by atoms with E-state index in [4.69, 9.17) is 16.7 Å². The number of ether oxygens (including phenoxy) is 1. The van der Waals surface area contributed by atoms with Gasteiger partial charge < -0.3 is 15.2 Å². The van der Waals surface area contributed by atoms with E-state index < -0.39 is 30.3 Å². The zero-order valence-electron chi connectivity index (χ0n) is 10.1. The fourth-order valence-corrected chi connectivity index (χ4v) is 1.55. The molecular weight excluding hydrogens is 274 g/mol. The number of aliphatic carboxylic acids is 1. The molecule has 1 aromatic carbocycles. The van der Waals surface area contributed by atoms with Gasteiger partial charge in [0.05, 0.1) is 24.1 Å². The van der Waals surface area contributed by atoms with Crippen LogP contribution in [0.3, 0.4) is 0 Å². The summed E-state index contributed by atoms with van der Waals surface area (Å²) in [5.74, 6) is -2.72. The molecule has 102 valence electrons. The van der Waals surface area contributed by atoms with Crippen LogP contribution in [0, 0.1) is 0 Å². The summed E-state index contributed by atoms with van der Waals surface area (Å²) in [4.78, 5) is 33.8. The van der Waals surface area contributed by atoms with Crippen LogP contribution in [-0.2, 0) is 14.3 Å². The van der Waals surface area contributed by atoms with E-state index in [-0.39, 0.29) is 10.6 Å². The lowest BCUT2D eigenvalue weighted by molar-refractivity contribution is -0.147. The van der Waals surface area contributed by atoms with E-state index in [0.717, 1.165) is 7.11 Å². The lowest BCUT2D eigenvalue weighted by Crippen LogP contribution is -2.42. The van der Waals surface area contributed by atoms with Crippen molar-refractivity contribution in [1.29, 1.82) is 0 Å². The molecule has 0 aliphatic rings. The largest absolute Gasteiger partial charge is 0.480 e. The van der Waals surface area contributed by atoms with Crippen LogP contribution in [0.4, 0.5) is 0 Å². The van der Waals surface area contributed by atoms with Crippen molar-refractivity contribution in [3.63, 3.8) is 0 Å². The number of methoxy groups -OCH3 is 1. The first-order valence-corrected chi connectivity index (χ1v) is 5.68. The van der Waals surface area contributed by atoms with Crippen LogP contribution in [0.5, 0.6) is 0 Å². The standard InChI is InChI=1S/C12H12ClNO5/c1-19-10(15)6-9(12(17)18)14-11(16)7-4-2-3-5-8(7)13/h2-5,9H,6H2,1H3,(H,14,16)(H,17,18)/t9-/m0/s1. The molecule has 1 aromatic rings. The number of carboxylic acids is 1. The lowest BCUT2D eigenvalue weighted by Gasteiger charge is -2.13. The lowest BCUT2D eigenvalue weighted by atomic mass is 10.1. The van der Waals surface area contributed by atoms with Crippen molar-refractivity contribution in [3.8, 4) is 0 Å². The van der Waals surface area contributed by atoms with Crippen LogP contribution in [0.1, 0.15) is 16.8 Å². The molecule has 0 bridgehead atoms. The fraction of sp³-hybridized carbons (Fsp3) is 0.250. The van der Waals surface area contributed by atoms with Gasteiger partial charge in [-0.1, -0.05) is 23.7 Å². The Morgan fingerprint density at radius 2 is 2.00 bits per heavy atom. The van der Waals surface area contributed by atoms with Gasteiger partial charge >= 0.3 is 11.9 Å². The SMILES string of the molecule is COC(=O)C[C@H](NC(=O)c1ccccc1Cl)C(=O)O. The second-order valence-electron chi connectivity index (χ2n) is 3.62. The number of hydrogen-bond donors (Lipinski definition) is 2. The number of esters is 1. The number of halogens is 1. The number of nitrogens with one attached hydrogen (secondary N) is 1. The van der Waals surface area contributed by atoms with Gasteiger partial charge in [-0.3, -0.25) is 9.59 Å². The molecule has 0 saturated heterocycles. The van der Waals surface area contributed by atoms with Gasteiger partial charge in [-0.15, -0.1) is 0 Å². The Balaban J connectivity index is 2.80. The minimum absolute atomic E-state index is 0.139. The van der Waals surface area contributed by atoms with Gasteiger partial charge in [-0.05, 0) is 12.1 Å². The van der Waals surface area contributed by atoms with E-state index >= 15 is 0 Å². The third kappa shape index (κ3) is 4.26. The average Bonchev–Trinajstić information content (AvgIpc) is 2.37. The average molecular weight is 286 g/mol. The molecule has 0 fully saturated rings. The molecular formula is C12H12ClNO5. The molecule has 1 amide bonds. The summed E-state index contributed by atoms with van der Waals surface area (Å²) in [7, 11) is 1.14. The number of amides is 1. The number of benzene rings is 1. The Morgan fingerprint density at radius 3 is 2.53 bits per heavy atom. The molecule has 6 nitrogen and oxygen atoms in total. The van der Waals surface area contributed by atoms with Crippen LogP contribution >= 0.6 is 11.6 Å². The first-order chi connectivity index (χ1) is 8.95. The molecule has 0 unspecified atom stereocenters. The second-order valence-corrected chi connectivity index (χ2v) is 4.03. The van der Waals surface area contributed by atoms with E-state index in [9.17, 15) is 14.4 Å². The third-order valence-corrected chi connectivity index (χ3v) is 2.65. The van der Waals surface area contributed by atoms with Crippen molar-refractivity contribution in [2.75, 3.05) is 7.11 Å². The molecule has 7 heteroatoms. The van der Waals surface area contributed by atoms with E-state index in [1.54, 1.807) is 12.1 Å². The Morgan fingerprint density at radius 1 is 1.37 bits per heavy atom. The van der Waals surface area contributed by atoms with Gasteiger partial charge in [-0.25, -0.2) is 4.79 Å². The molecule has 1 rings (SSSR count). The van der Waals surface area contributed by atoms with Crippen LogP contribution < -0.4 is 5.32 Å². The summed E-state index contributed by atoms with van der Waals surface area (Å²) in [5, 5.41) is 11.3. The third-order valence-electron chi connectivity index (χ3n) is 2.32. The number of hydrogen-bond acceptors (Lipinski definition) is 4. The summed E-state index contributed by atoms with van der Waals surface area (Å²) in [6.07, 6.45) is -0.456. The highest BCUT2D eigenvalue weighted by atomic mass is 35.5. The molecule has 0 spiro atoms. The quantitative estimate of drug-likeness (QED) is 0.790. The maximum absolute atomic E-state index is 11.8. The predicted octanol–water partition coefficient (Wildman–Crippen LogP) is 1.09. The Bertz CT molecular complexity index is 503. The summed E-state index contributed by atoms with van der Waals surface area (Å²) in [6, 6.07) is 4.83. The smallest absolute Gasteiger partial charge is 0.326 e. The zero-order valence-corrected chi connectivity index (χ0v) is 10.8. The maximum atomic E-state index is 11.8. The van der Waals surface area contributed by atoms with Crippen molar-refractivity contribution < 1.29 is 24.2 Å². The number of carboxylic acid groups (broad SMARTS) is 1. The van der Waals surface area contributed by atoms with Crippen LogP contribution in [0.2, 0.25) is 5.02 Å². The monoisotopic (exact) mass is 285 g/mol. The second kappa shape index (κ2) is 6.75. The number of carbonyl (C=O) groups excluding carboxylic acids is 2. The van der Waals surface area contributed by atoms with Crippen molar-refractivity contribution in [1.82, 2.24) is 5.32 Å². The van der Waals surface area contributed by atoms with Gasteiger partial charge in [0.2, 0.25) is 0 Å². The van der Waals surface area contributed by atoms with Gasteiger partial charge in [0.1, 0.15) is 6.04 Å². The van der Waals surface area contributed by atoms with Crippen LogP contribution in [-0.4, -0.2) is 36.1 Å². The predicted molar refractivity (Wildman–Crippen MR) is 67.0 cm³/mol. The molecule has 19 heavy (non-hydrogen) atoms.